The van der Waals surface area contributed by atoms with E-state index in [2.05, 4.69) is 0 Å². The van der Waals surface area contributed by atoms with Gasteiger partial charge in [-0.2, -0.15) is 0 Å². The quantitative estimate of drug-likeness (QED) is 0.761. The lowest BCUT2D eigenvalue weighted by Gasteiger charge is -2.22. The standard InChI is InChI=1S/C17H25NO4/c1-4-22-15-8-5-14(6-9-15)7-10-16(19)18(11-13(2)3)12-17(20)21/h5-6,8-9,13H,4,7,10-12H2,1-3H3,(H,20,21). The molecule has 0 heterocycles. The number of aliphatic carboxylic acids is 1. The lowest BCUT2D eigenvalue weighted by molar-refractivity contribution is -0.144. The van der Waals surface area contributed by atoms with Gasteiger partial charge in [0.05, 0.1) is 6.61 Å². The lowest BCUT2D eigenvalue weighted by Crippen LogP contribution is -2.38. The van der Waals surface area contributed by atoms with Gasteiger partial charge in [-0.3, -0.25) is 9.59 Å². The van der Waals surface area contributed by atoms with Gasteiger partial charge in [-0.25, -0.2) is 0 Å². The molecule has 0 radical (unpaired) electrons. The van der Waals surface area contributed by atoms with Crippen molar-refractivity contribution in [1.29, 1.82) is 0 Å². The molecular weight excluding hydrogens is 282 g/mol. The van der Waals surface area contributed by atoms with E-state index in [-0.39, 0.29) is 18.4 Å². The van der Waals surface area contributed by atoms with Crippen LogP contribution in [0.3, 0.4) is 0 Å². The number of carboxylic acids is 1. The molecule has 0 aromatic heterocycles. The van der Waals surface area contributed by atoms with Crippen LogP contribution in [0.25, 0.3) is 0 Å². The van der Waals surface area contributed by atoms with E-state index in [1.807, 2.05) is 45.0 Å². The minimum Gasteiger partial charge on any atom is -0.494 e. The van der Waals surface area contributed by atoms with Gasteiger partial charge in [-0.1, -0.05) is 26.0 Å². The second-order valence-electron chi connectivity index (χ2n) is 5.64. The number of ether oxygens (including phenoxy) is 1. The van der Waals surface area contributed by atoms with E-state index < -0.39 is 5.97 Å². The Balaban J connectivity index is 2.55. The Morgan fingerprint density at radius 3 is 2.36 bits per heavy atom. The molecule has 0 spiro atoms. The zero-order chi connectivity index (χ0) is 16.5. The van der Waals surface area contributed by atoms with Crippen molar-refractivity contribution in [1.82, 2.24) is 4.90 Å². The highest BCUT2D eigenvalue weighted by molar-refractivity contribution is 5.81. The fraction of sp³-hybridized carbons (Fsp3) is 0.529. The van der Waals surface area contributed by atoms with Gasteiger partial charge in [0, 0.05) is 13.0 Å². The largest absolute Gasteiger partial charge is 0.494 e. The monoisotopic (exact) mass is 307 g/mol. The van der Waals surface area contributed by atoms with Crippen LogP contribution >= 0.6 is 0 Å². The number of hydrogen-bond donors (Lipinski definition) is 1. The number of carbonyl (C=O) groups is 2. The third kappa shape index (κ3) is 6.61. The molecule has 0 bridgehead atoms. The molecule has 1 N–H and O–H groups in total. The number of amides is 1. The molecule has 1 aromatic carbocycles. The zero-order valence-electron chi connectivity index (χ0n) is 13.5. The Morgan fingerprint density at radius 2 is 1.86 bits per heavy atom. The molecule has 22 heavy (non-hydrogen) atoms. The van der Waals surface area contributed by atoms with Crippen LogP contribution in [-0.4, -0.2) is 41.6 Å². The number of nitrogens with zero attached hydrogens (tertiary/aromatic N) is 1. The van der Waals surface area contributed by atoms with Crippen LogP contribution in [0, 0.1) is 5.92 Å². The fourth-order valence-corrected chi connectivity index (χ4v) is 2.19. The minimum absolute atomic E-state index is 0.120. The van der Waals surface area contributed by atoms with Crippen molar-refractivity contribution in [3.8, 4) is 5.75 Å². The molecule has 0 fully saturated rings. The maximum atomic E-state index is 12.2. The Hall–Kier alpha value is -2.04. The van der Waals surface area contributed by atoms with Crippen LogP contribution in [0.4, 0.5) is 0 Å². The SMILES string of the molecule is CCOc1ccc(CCC(=O)N(CC(=O)O)CC(C)C)cc1. The van der Waals surface area contributed by atoms with E-state index in [0.717, 1.165) is 11.3 Å². The first kappa shape index (κ1) is 18.0. The molecule has 5 heteroatoms. The van der Waals surface area contributed by atoms with E-state index in [1.165, 1.54) is 4.90 Å². The first-order chi connectivity index (χ1) is 10.4. The van der Waals surface area contributed by atoms with Gasteiger partial charge in [0.2, 0.25) is 5.91 Å². The summed E-state index contributed by atoms with van der Waals surface area (Å²) in [6, 6.07) is 7.63. The summed E-state index contributed by atoms with van der Waals surface area (Å²) in [6.45, 7) is 6.72. The van der Waals surface area contributed by atoms with E-state index in [1.54, 1.807) is 0 Å². The predicted octanol–water partition coefficient (Wildman–Crippen LogP) is 2.59. The molecule has 1 rings (SSSR count). The number of carboxylic acid groups (broad SMARTS) is 1. The number of benzene rings is 1. The Kier molecular flexibility index (Phi) is 7.43. The summed E-state index contributed by atoms with van der Waals surface area (Å²) in [6.07, 6.45) is 0.910. The van der Waals surface area contributed by atoms with Gasteiger partial charge in [0.1, 0.15) is 12.3 Å². The smallest absolute Gasteiger partial charge is 0.323 e. The second kappa shape index (κ2) is 9.07. The van der Waals surface area contributed by atoms with E-state index >= 15 is 0 Å². The van der Waals surface area contributed by atoms with Gasteiger partial charge in [-0.15, -0.1) is 0 Å². The van der Waals surface area contributed by atoms with E-state index in [4.69, 9.17) is 9.84 Å². The number of carbonyl (C=O) groups excluding carboxylic acids is 1. The molecule has 1 aromatic rings. The van der Waals surface area contributed by atoms with Crippen LogP contribution in [0.15, 0.2) is 24.3 Å². The average Bonchev–Trinajstić information content (AvgIpc) is 2.45. The molecule has 122 valence electrons. The van der Waals surface area contributed by atoms with Crippen molar-refractivity contribution in [2.24, 2.45) is 5.92 Å². The maximum Gasteiger partial charge on any atom is 0.323 e. The number of rotatable bonds is 9. The highest BCUT2D eigenvalue weighted by Crippen LogP contribution is 2.14. The van der Waals surface area contributed by atoms with Gasteiger partial charge < -0.3 is 14.7 Å². The molecule has 0 aliphatic carbocycles. The molecule has 5 nitrogen and oxygen atoms in total. The molecule has 0 aliphatic rings. The molecule has 1 amide bonds. The van der Waals surface area contributed by atoms with Crippen LogP contribution in [-0.2, 0) is 16.0 Å². The normalized spacial score (nSPS) is 10.5. The van der Waals surface area contributed by atoms with E-state index in [9.17, 15) is 9.59 Å². The zero-order valence-corrected chi connectivity index (χ0v) is 13.5. The summed E-state index contributed by atoms with van der Waals surface area (Å²) in [5.74, 6) is -0.0429. The second-order valence-corrected chi connectivity index (χ2v) is 5.64. The summed E-state index contributed by atoms with van der Waals surface area (Å²) in [4.78, 5) is 24.5. The Labute approximate surface area is 131 Å². The van der Waals surface area contributed by atoms with Crippen molar-refractivity contribution in [2.45, 2.75) is 33.6 Å². The lowest BCUT2D eigenvalue weighted by atomic mass is 10.1. The highest BCUT2D eigenvalue weighted by atomic mass is 16.5. The highest BCUT2D eigenvalue weighted by Gasteiger charge is 2.17. The molecule has 0 saturated heterocycles. The molecule has 0 saturated carbocycles. The van der Waals surface area contributed by atoms with Gasteiger partial charge in [-0.05, 0) is 37.0 Å². The summed E-state index contributed by atoms with van der Waals surface area (Å²) in [5, 5.41) is 8.90. The third-order valence-corrected chi connectivity index (χ3v) is 3.13. The topological polar surface area (TPSA) is 66.8 Å². The van der Waals surface area contributed by atoms with Gasteiger partial charge in [0.15, 0.2) is 0 Å². The molecule has 0 atom stereocenters. The first-order valence-electron chi connectivity index (χ1n) is 7.63. The van der Waals surface area contributed by atoms with Crippen molar-refractivity contribution in [3.05, 3.63) is 29.8 Å². The molecule has 0 aliphatic heterocycles. The molecular formula is C17H25NO4. The van der Waals surface area contributed by atoms with Crippen LogP contribution in [0.1, 0.15) is 32.8 Å². The maximum absolute atomic E-state index is 12.2. The van der Waals surface area contributed by atoms with Crippen LogP contribution < -0.4 is 4.74 Å². The van der Waals surface area contributed by atoms with Crippen molar-refractivity contribution >= 4 is 11.9 Å². The van der Waals surface area contributed by atoms with Crippen molar-refractivity contribution in [3.63, 3.8) is 0 Å². The minimum atomic E-state index is -0.977. The number of aryl methyl sites for hydroxylation is 1. The number of hydrogen-bond acceptors (Lipinski definition) is 3. The summed E-state index contributed by atoms with van der Waals surface area (Å²) in [7, 11) is 0. The molecule has 0 unspecified atom stereocenters. The van der Waals surface area contributed by atoms with Crippen LogP contribution in [0.5, 0.6) is 5.75 Å². The fourth-order valence-electron chi connectivity index (χ4n) is 2.19. The van der Waals surface area contributed by atoms with E-state index in [0.29, 0.717) is 26.0 Å². The average molecular weight is 307 g/mol. The van der Waals surface area contributed by atoms with Crippen molar-refractivity contribution in [2.75, 3.05) is 19.7 Å². The first-order valence-corrected chi connectivity index (χ1v) is 7.63. The summed E-state index contributed by atoms with van der Waals surface area (Å²) < 4.78 is 5.37. The Bertz CT molecular complexity index is 482. The van der Waals surface area contributed by atoms with Gasteiger partial charge in [0.25, 0.3) is 0 Å². The summed E-state index contributed by atoms with van der Waals surface area (Å²) in [5.41, 5.74) is 1.04. The van der Waals surface area contributed by atoms with Crippen LogP contribution in [0.2, 0.25) is 0 Å². The predicted molar refractivity (Wildman–Crippen MR) is 85.0 cm³/mol. The summed E-state index contributed by atoms with van der Waals surface area (Å²) >= 11 is 0. The third-order valence-electron chi connectivity index (χ3n) is 3.13. The van der Waals surface area contributed by atoms with Crippen molar-refractivity contribution < 1.29 is 19.4 Å². The Morgan fingerprint density at radius 1 is 1.23 bits per heavy atom. The van der Waals surface area contributed by atoms with Gasteiger partial charge >= 0.3 is 5.97 Å².